The highest BCUT2D eigenvalue weighted by Gasteiger charge is 2.22. The normalized spacial score (nSPS) is 13.9. The van der Waals surface area contributed by atoms with Gasteiger partial charge in [0, 0.05) is 0 Å². The van der Waals surface area contributed by atoms with E-state index in [0.717, 1.165) is 5.56 Å². The second-order valence-electron chi connectivity index (χ2n) is 3.09. The molecule has 4 nitrogen and oxygen atoms in total. The van der Waals surface area contributed by atoms with Gasteiger partial charge in [-0.3, -0.25) is 9.87 Å². The fourth-order valence-corrected chi connectivity index (χ4v) is 2.03. The third kappa shape index (κ3) is 2.54. The van der Waals surface area contributed by atoms with E-state index in [9.17, 15) is 8.42 Å². The van der Waals surface area contributed by atoms with E-state index in [1.54, 1.807) is 24.3 Å². The second-order valence-corrected chi connectivity index (χ2v) is 4.60. The fourth-order valence-electron chi connectivity index (χ4n) is 1.23. The zero-order valence-electron chi connectivity index (χ0n) is 8.06. The summed E-state index contributed by atoms with van der Waals surface area (Å²) >= 11 is 0. The first kappa shape index (κ1) is 11.2. The molecule has 0 aromatic heterocycles. The Labute approximate surface area is 83.7 Å². The Hall–Kier alpha value is -0.910. The molecule has 2 N–H and O–H groups in total. The van der Waals surface area contributed by atoms with Crippen molar-refractivity contribution in [3.63, 3.8) is 0 Å². The smallest absolute Gasteiger partial charge is 0.285 e. The molecule has 0 aliphatic rings. The van der Waals surface area contributed by atoms with Gasteiger partial charge in [0.1, 0.15) is 0 Å². The first-order chi connectivity index (χ1) is 6.45. The van der Waals surface area contributed by atoms with Gasteiger partial charge in [0.15, 0.2) is 5.37 Å². The van der Waals surface area contributed by atoms with Crippen molar-refractivity contribution >= 4 is 10.1 Å². The van der Waals surface area contributed by atoms with Crippen molar-refractivity contribution in [2.24, 2.45) is 0 Å². The number of rotatable bonds is 3. The van der Waals surface area contributed by atoms with Crippen molar-refractivity contribution in [3.05, 3.63) is 35.4 Å². The number of hydrogen-bond donors (Lipinski definition) is 2. The third-order valence-electron chi connectivity index (χ3n) is 1.94. The maximum Gasteiger partial charge on any atom is 0.285 e. The van der Waals surface area contributed by atoms with Crippen LogP contribution in [0.5, 0.6) is 0 Å². The van der Waals surface area contributed by atoms with Crippen molar-refractivity contribution < 1.29 is 13.0 Å². The monoisotopic (exact) mass is 215 g/mol. The molecule has 0 saturated heterocycles. The van der Waals surface area contributed by atoms with E-state index < -0.39 is 15.5 Å². The number of benzene rings is 1. The first-order valence-corrected chi connectivity index (χ1v) is 5.65. The summed E-state index contributed by atoms with van der Waals surface area (Å²) in [6.07, 6.45) is 0. The minimum absolute atomic E-state index is 0.528. The molecule has 0 radical (unpaired) electrons. The Balaban J connectivity index is 3.08. The molecule has 5 heteroatoms. The SMILES string of the molecule is CNC(c1ccc(C)cc1)S(=O)(=O)O. The molecule has 0 saturated carbocycles. The van der Waals surface area contributed by atoms with E-state index in [4.69, 9.17) is 4.55 Å². The Morgan fingerprint density at radius 1 is 1.29 bits per heavy atom. The Bertz CT molecular complexity index is 397. The maximum absolute atomic E-state index is 10.9. The van der Waals surface area contributed by atoms with Crippen LogP contribution in [0.1, 0.15) is 16.5 Å². The van der Waals surface area contributed by atoms with Crippen LogP contribution >= 0.6 is 0 Å². The molecule has 0 amide bonds. The molecular formula is C9H13NO3S. The highest BCUT2D eigenvalue weighted by atomic mass is 32.2. The lowest BCUT2D eigenvalue weighted by Crippen LogP contribution is -2.24. The number of hydrogen-bond acceptors (Lipinski definition) is 3. The number of aryl methyl sites for hydroxylation is 1. The largest absolute Gasteiger partial charge is 0.298 e. The summed E-state index contributed by atoms with van der Waals surface area (Å²) in [5.74, 6) is 0. The van der Waals surface area contributed by atoms with Gasteiger partial charge in [-0.25, -0.2) is 0 Å². The van der Waals surface area contributed by atoms with Crippen LogP contribution in [0, 0.1) is 6.92 Å². The lowest BCUT2D eigenvalue weighted by Gasteiger charge is -2.12. The molecule has 1 aromatic carbocycles. The zero-order chi connectivity index (χ0) is 10.8. The maximum atomic E-state index is 10.9. The van der Waals surface area contributed by atoms with E-state index in [0.29, 0.717) is 5.56 Å². The van der Waals surface area contributed by atoms with Gasteiger partial charge >= 0.3 is 0 Å². The van der Waals surface area contributed by atoms with Crippen molar-refractivity contribution in [2.75, 3.05) is 7.05 Å². The van der Waals surface area contributed by atoms with Crippen LogP contribution in [0.3, 0.4) is 0 Å². The molecule has 1 rings (SSSR count). The molecule has 78 valence electrons. The molecule has 0 heterocycles. The van der Waals surface area contributed by atoms with Crippen molar-refractivity contribution in [2.45, 2.75) is 12.3 Å². The highest BCUT2D eigenvalue weighted by Crippen LogP contribution is 2.18. The first-order valence-electron chi connectivity index (χ1n) is 4.15. The summed E-state index contributed by atoms with van der Waals surface area (Å²) in [5.41, 5.74) is 1.57. The molecular weight excluding hydrogens is 202 g/mol. The summed E-state index contributed by atoms with van der Waals surface area (Å²) in [7, 11) is -2.61. The van der Waals surface area contributed by atoms with Crippen LogP contribution in [-0.4, -0.2) is 20.0 Å². The third-order valence-corrected chi connectivity index (χ3v) is 3.04. The van der Waals surface area contributed by atoms with Gasteiger partial charge in [-0.2, -0.15) is 8.42 Å². The summed E-state index contributed by atoms with van der Waals surface area (Å²) < 4.78 is 30.8. The lowest BCUT2D eigenvalue weighted by atomic mass is 10.1. The van der Waals surface area contributed by atoms with Gasteiger partial charge in [0.25, 0.3) is 10.1 Å². The summed E-state index contributed by atoms with van der Waals surface area (Å²) in [5, 5.41) is 1.49. The molecule has 0 aliphatic carbocycles. The zero-order valence-corrected chi connectivity index (χ0v) is 8.88. The van der Waals surface area contributed by atoms with Gasteiger partial charge in [-0.1, -0.05) is 29.8 Å². The average molecular weight is 215 g/mol. The molecule has 1 unspecified atom stereocenters. The molecule has 0 fully saturated rings. The molecule has 1 aromatic rings. The van der Waals surface area contributed by atoms with E-state index in [1.807, 2.05) is 6.92 Å². The van der Waals surface area contributed by atoms with Crippen LogP contribution < -0.4 is 5.32 Å². The molecule has 1 atom stereocenters. The predicted molar refractivity (Wildman–Crippen MR) is 54.5 cm³/mol. The predicted octanol–water partition coefficient (Wildman–Crippen LogP) is 1.10. The minimum atomic E-state index is -4.09. The van der Waals surface area contributed by atoms with Gasteiger partial charge < -0.3 is 0 Å². The molecule has 0 bridgehead atoms. The van der Waals surface area contributed by atoms with Gasteiger partial charge in [-0.15, -0.1) is 0 Å². The standard InChI is InChI=1S/C9H13NO3S/c1-7-3-5-8(6-4-7)9(10-2)14(11,12)13/h3-6,9-10H,1-2H3,(H,11,12,13). The lowest BCUT2D eigenvalue weighted by molar-refractivity contribution is 0.459. The van der Waals surface area contributed by atoms with E-state index in [1.165, 1.54) is 7.05 Å². The average Bonchev–Trinajstić information content (AvgIpc) is 2.07. The van der Waals surface area contributed by atoms with Crippen LogP contribution in [0.15, 0.2) is 24.3 Å². The Morgan fingerprint density at radius 2 is 1.79 bits per heavy atom. The van der Waals surface area contributed by atoms with E-state index in [2.05, 4.69) is 5.32 Å². The Kier molecular flexibility index (Phi) is 3.25. The van der Waals surface area contributed by atoms with Crippen molar-refractivity contribution in [1.82, 2.24) is 5.32 Å². The van der Waals surface area contributed by atoms with Crippen LogP contribution in [0.2, 0.25) is 0 Å². The molecule has 0 spiro atoms. The fraction of sp³-hybridized carbons (Fsp3) is 0.333. The van der Waals surface area contributed by atoms with E-state index >= 15 is 0 Å². The summed E-state index contributed by atoms with van der Waals surface area (Å²) in [6.45, 7) is 1.91. The van der Waals surface area contributed by atoms with Crippen LogP contribution in [-0.2, 0) is 10.1 Å². The topological polar surface area (TPSA) is 66.4 Å². The molecule has 14 heavy (non-hydrogen) atoms. The quantitative estimate of drug-likeness (QED) is 0.741. The number of nitrogens with one attached hydrogen (secondary N) is 1. The van der Waals surface area contributed by atoms with Gasteiger partial charge in [0.05, 0.1) is 0 Å². The van der Waals surface area contributed by atoms with Gasteiger partial charge in [0.2, 0.25) is 0 Å². The van der Waals surface area contributed by atoms with E-state index in [-0.39, 0.29) is 0 Å². The molecule has 0 aliphatic heterocycles. The highest BCUT2D eigenvalue weighted by molar-refractivity contribution is 7.86. The summed E-state index contributed by atoms with van der Waals surface area (Å²) in [4.78, 5) is 0. The van der Waals surface area contributed by atoms with Crippen molar-refractivity contribution in [1.29, 1.82) is 0 Å². The second kappa shape index (κ2) is 4.08. The van der Waals surface area contributed by atoms with Gasteiger partial charge in [-0.05, 0) is 19.5 Å². The van der Waals surface area contributed by atoms with Crippen LogP contribution in [0.25, 0.3) is 0 Å². The van der Waals surface area contributed by atoms with Crippen molar-refractivity contribution in [3.8, 4) is 0 Å². The van der Waals surface area contributed by atoms with Crippen LogP contribution in [0.4, 0.5) is 0 Å². The summed E-state index contributed by atoms with van der Waals surface area (Å²) in [6, 6.07) is 6.93. The Morgan fingerprint density at radius 3 is 2.14 bits per heavy atom. The minimum Gasteiger partial charge on any atom is -0.298 e.